The van der Waals surface area contributed by atoms with Gasteiger partial charge >= 0.3 is 0 Å². The molecule has 126 valence electrons. The summed E-state index contributed by atoms with van der Waals surface area (Å²) in [5.41, 5.74) is 6.95. The highest BCUT2D eigenvalue weighted by atomic mass is 16.2. The summed E-state index contributed by atoms with van der Waals surface area (Å²) in [6.07, 6.45) is 4.81. The number of nitrogen functional groups attached to an aromatic ring is 1. The first-order valence-corrected chi connectivity index (χ1v) is 8.54. The van der Waals surface area contributed by atoms with Gasteiger partial charge in [-0.1, -0.05) is 19.8 Å². The Hall–Kier alpha value is -2.04. The maximum atomic E-state index is 12.4. The Kier molecular flexibility index (Phi) is 6.44. The summed E-state index contributed by atoms with van der Waals surface area (Å²) < 4.78 is 0. The molecule has 0 saturated carbocycles. The molecular formula is C18H27N3O2. The maximum Gasteiger partial charge on any atom is 0.253 e. The first kappa shape index (κ1) is 17.3. The summed E-state index contributed by atoms with van der Waals surface area (Å²) >= 11 is 0. The minimum atomic E-state index is 0.0202. The molecule has 0 aromatic heterocycles. The second kappa shape index (κ2) is 8.56. The minimum absolute atomic E-state index is 0.0202. The first-order chi connectivity index (χ1) is 11.1. The van der Waals surface area contributed by atoms with Crippen LogP contribution in [0.2, 0.25) is 0 Å². The van der Waals surface area contributed by atoms with Gasteiger partial charge in [-0.2, -0.15) is 0 Å². The fourth-order valence-corrected chi connectivity index (χ4v) is 2.88. The summed E-state index contributed by atoms with van der Waals surface area (Å²) in [6.45, 7) is 4.18. The predicted molar refractivity (Wildman–Crippen MR) is 92.0 cm³/mol. The number of hydrogen-bond donors (Lipinski definition) is 2. The molecule has 1 aliphatic heterocycles. The standard InChI is InChI=1S/C18H27N3O2/c1-2-3-4-11-20-17(22)14-9-12-21(13-10-14)18(23)15-5-7-16(19)8-6-15/h5-8,14H,2-4,9-13,19H2,1H3,(H,20,22). The minimum Gasteiger partial charge on any atom is -0.399 e. The summed E-state index contributed by atoms with van der Waals surface area (Å²) in [5.74, 6) is 0.194. The normalized spacial score (nSPS) is 15.4. The van der Waals surface area contributed by atoms with Crippen molar-refractivity contribution in [2.75, 3.05) is 25.4 Å². The van der Waals surface area contributed by atoms with Crippen LogP contribution in [0.15, 0.2) is 24.3 Å². The molecule has 1 fully saturated rings. The van der Waals surface area contributed by atoms with Gasteiger partial charge in [-0.3, -0.25) is 9.59 Å². The Morgan fingerprint density at radius 3 is 2.43 bits per heavy atom. The molecule has 0 spiro atoms. The highest BCUT2D eigenvalue weighted by molar-refractivity contribution is 5.94. The number of nitrogens with one attached hydrogen (secondary N) is 1. The van der Waals surface area contributed by atoms with E-state index in [1.165, 1.54) is 0 Å². The van der Waals surface area contributed by atoms with Crippen molar-refractivity contribution in [1.82, 2.24) is 10.2 Å². The molecule has 2 rings (SSSR count). The maximum absolute atomic E-state index is 12.4. The molecule has 1 aromatic rings. The van der Waals surface area contributed by atoms with E-state index in [1.807, 2.05) is 4.90 Å². The predicted octanol–water partition coefficient (Wildman–Crippen LogP) is 2.43. The lowest BCUT2D eigenvalue weighted by Crippen LogP contribution is -2.43. The Bertz CT molecular complexity index is 520. The van der Waals surface area contributed by atoms with Crippen molar-refractivity contribution in [3.63, 3.8) is 0 Å². The van der Waals surface area contributed by atoms with Crippen molar-refractivity contribution in [3.8, 4) is 0 Å². The van der Waals surface area contributed by atoms with Crippen molar-refractivity contribution in [3.05, 3.63) is 29.8 Å². The summed E-state index contributed by atoms with van der Waals surface area (Å²) in [7, 11) is 0. The number of likely N-dealkylation sites (tertiary alicyclic amines) is 1. The molecule has 0 atom stereocenters. The van der Waals surface area contributed by atoms with Gasteiger partial charge in [-0.15, -0.1) is 0 Å². The number of nitrogens with two attached hydrogens (primary N) is 1. The number of benzene rings is 1. The number of carbonyl (C=O) groups is 2. The largest absolute Gasteiger partial charge is 0.399 e. The molecule has 5 heteroatoms. The van der Waals surface area contributed by atoms with Crippen LogP contribution in [-0.2, 0) is 4.79 Å². The number of nitrogens with zero attached hydrogens (tertiary/aromatic N) is 1. The number of hydrogen-bond acceptors (Lipinski definition) is 3. The molecule has 3 N–H and O–H groups in total. The highest BCUT2D eigenvalue weighted by Crippen LogP contribution is 2.19. The monoisotopic (exact) mass is 317 g/mol. The second-order valence-electron chi connectivity index (χ2n) is 6.19. The number of amides is 2. The zero-order valence-corrected chi connectivity index (χ0v) is 13.9. The van der Waals surface area contributed by atoms with E-state index < -0.39 is 0 Å². The van der Waals surface area contributed by atoms with Crippen LogP contribution in [0.3, 0.4) is 0 Å². The van der Waals surface area contributed by atoms with E-state index >= 15 is 0 Å². The molecule has 1 saturated heterocycles. The van der Waals surface area contributed by atoms with Gasteiger partial charge in [0.25, 0.3) is 5.91 Å². The Labute approximate surface area is 138 Å². The van der Waals surface area contributed by atoms with Crippen LogP contribution in [0, 0.1) is 5.92 Å². The van der Waals surface area contributed by atoms with Gasteiger partial charge in [0.05, 0.1) is 0 Å². The third-order valence-corrected chi connectivity index (χ3v) is 4.39. The van der Waals surface area contributed by atoms with Crippen LogP contribution in [0.25, 0.3) is 0 Å². The van der Waals surface area contributed by atoms with Crippen LogP contribution in [0.1, 0.15) is 49.4 Å². The summed E-state index contributed by atoms with van der Waals surface area (Å²) in [4.78, 5) is 26.4. The molecule has 0 radical (unpaired) electrons. The van der Waals surface area contributed by atoms with E-state index in [1.54, 1.807) is 24.3 Å². The smallest absolute Gasteiger partial charge is 0.253 e. The van der Waals surface area contributed by atoms with Crippen molar-refractivity contribution in [1.29, 1.82) is 0 Å². The molecule has 0 aliphatic carbocycles. The van der Waals surface area contributed by atoms with Crippen LogP contribution in [0.5, 0.6) is 0 Å². The first-order valence-electron chi connectivity index (χ1n) is 8.54. The lowest BCUT2D eigenvalue weighted by Gasteiger charge is -2.31. The third kappa shape index (κ3) is 4.98. The molecule has 2 amide bonds. The van der Waals surface area contributed by atoms with Crippen LogP contribution < -0.4 is 11.1 Å². The molecule has 1 aliphatic rings. The van der Waals surface area contributed by atoms with E-state index in [9.17, 15) is 9.59 Å². The lowest BCUT2D eigenvalue weighted by molar-refractivity contribution is -0.126. The Morgan fingerprint density at radius 1 is 1.17 bits per heavy atom. The van der Waals surface area contributed by atoms with Gasteiger partial charge in [0, 0.05) is 36.8 Å². The quantitative estimate of drug-likeness (QED) is 0.625. The molecule has 1 aromatic carbocycles. The molecule has 5 nitrogen and oxygen atoms in total. The zero-order valence-electron chi connectivity index (χ0n) is 13.9. The van der Waals surface area contributed by atoms with Gasteiger partial charge < -0.3 is 16.0 Å². The fourth-order valence-electron chi connectivity index (χ4n) is 2.88. The van der Waals surface area contributed by atoms with Crippen LogP contribution >= 0.6 is 0 Å². The summed E-state index contributed by atoms with van der Waals surface area (Å²) in [5, 5.41) is 3.01. The number of rotatable bonds is 6. The van der Waals surface area contributed by atoms with Crippen molar-refractivity contribution in [2.24, 2.45) is 5.92 Å². The number of piperidine rings is 1. The van der Waals surface area contributed by atoms with E-state index in [-0.39, 0.29) is 17.7 Å². The van der Waals surface area contributed by atoms with E-state index in [0.29, 0.717) is 24.3 Å². The number of unbranched alkanes of at least 4 members (excludes halogenated alkanes) is 2. The summed E-state index contributed by atoms with van der Waals surface area (Å²) in [6, 6.07) is 6.99. The average molecular weight is 317 g/mol. The Balaban J connectivity index is 1.78. The topological polar surface area (TPSA) is 75.4 Å². The molecule has 0 unspecified atom stereocenters. The van der Waals surface area contributed by atoms with Gasteiger partial charge in [-0.25, -0.2) is 0 Å². The third-order valence-electron chi connectivity index (χ3n) is 4.39. The van der Waals surface area contributed by atoms with Crippen LogP contribution in [-0.4, -0.2) is 36.3 Å². The highest BCUT2D eigenvalue weighted by Gasteiger charge is 2.27. The number of carbonyl (C=O) groups excluding carboxylic acids is 2. The number of anilines is 1. The van der Waals surface area contributed by atoms with Crippen molar-refractivity contribution in [2.45, 2.75) is 39.0 Å². The molecule has 23 heavy (non-hydrogen) atoms. The Morgan fingerprint density at radius 2 is 1.83 bits per heavy atom. The van der Waals surface area contributed by atoms with E-state index in [4.69, 9.17) is 5.73 Å². The zero-order chi connectivity index (χ0) is 16.7. The van der Waals surface area contributed by atoms with E-state index in [0.717, 1.165) is 38.6 Å². The van der Waals surface area contributed by atoms with Gasteiger partial charge in [0.15, 0.2) is 0 Å². The SMILES string of the molecule is CCCCCNC(=O)C1CCN(C(=O)c2ccc(N)cc2)CC1. The molecular weight excluding hydrogens is 290 g/mol. The van der Waals surface area contributed by atoms with E-state index in [2.05, 4.69) is 12.2 Å². The average Bonchev–Trinajstić information content (AvgIpc) is 2.59. The van der Waals surface area contributed by atoms with Crippen molar-refractivity contribution < 1.29 is 9.59 Å². The van der Waals surface area contributed by atoms with Gasteiger partial charge in [0.1, 0.15) is 0 Å². The van der Waals surface area contributed by atoms with Crippen molar-refractivity contribution >= 4 is 17.5 Å². The van der Waals surface area contributed by atoms with Gasteiger partial charge in [0.2, 0.25) is 5.91 Å². The molecule has 0 bridgehead atoms. The fraction of sp³-hybridized carbons (Fsp3) is 0.556. The second-order valence-corrected chi connectivity index (χ2v) is 6.19. The van der Waals surface area contributed by atoms with Gasteiger partial charge in [-0.05, 0) is 43.5 Å². The lowest BCUT2D eigenvalue weighted by atomic mass is 9.95. The van der Waals surface area contributed by atoms with Crippen LogP contribution in [0.4, 0.5) is 5.69 Å². The molecule has 1 heterocycles.